The number of carbonyl (C=O) groups excluding carboxylic acids is 2. The number of ether oxygens (including phenoxy) is 1. The molecular formula is C37H41N5O3. The van der Waals surface area contributed by atoms with Crippen LogP contribution in [0.3, 0.4) is 0 Å². The lowest BCUT2D eigenvalue weighted by Gasteiger charge is -2.39. The Kier molecular flexibility index (Phi) is 10.7. The number of hydrogen-bond donors (Lipinski definition) is 0. The third kappa shape index (κ3) is 8.42. The fraction of sp³-hybridized carbons (Fsp3) is 0.297. The van der Waals surface area contributed by atoms with Crippen molar-refractivity contribution in [3.05, 3.63) is 120 Å². The standard InChI is InChI=1S/C37H41N5O3/c1-40(2)33-19-23-41(24-20-33)37(44)34(25-28-7-5-4-6-8-28)42(36(43)16-12-29-11-15-35(45-3)39-26-29)27-30-9-13-31(14-10-30)32-17-21-38-22-18-32/h4-18,21-22,26,33-34H,19-20,23-25,27H2,1-3H3/b16-12+/t34-/m0/s1. The first-order valence-electron chi connectivity index (χ1n) is 15.4. The van der Waals surface area contributed by atoms with Crippen LogP contribution < -0.4 is 4.74 Å². The largest absolute Gasteiger partial charge is 0.481 e. The van der Waals surface area contributed by atoms with E-state index in [4.69, 9.17) is 4.74 Å². The summed E-state index contributed by atoms with van der Waals surface area (Å²) in [6.07, 6.45) is 10.7. The fourth-order valence-corrected chi connectivity index (χ4v) is 5.74. The Morgan fingerprint density at radius 2 is 1.60 bits per heavy atom. The van der Waals surface area contributed by atoms with E-state index in [0.717, 1.165) is 40.7 Å². The van der Waals surface area contributed by atoms with Crippen LogP contribution in [0.25, 0.3) is 17.2 Å². The lowest BCUT2D eigenvalue weighted by atomic mass is 9.98. The minimum absolute atomic E-state index is 0.0164. The highest BCUT2D eigenvalue weighted by atomic mass is 16.5. The first-order chi connectivity index (χ1) is 21.9. The summed E-state index contributed by atoms with van der Waals surface area (Å²) in [5.41, 5.74) is 4.85. The Bertz CT molecular complexity index is 1550. The van der Waals surface area contributed by atoms with Crippen molar-refractivity contribution in [2.24, 2.45) is 0 Å². The molecule has 8 nitrogen and oxygen atoms in total. The Morgan fingerprint density at radius 1 is 0.911 bits per heavy atom. The number of carbonyl (C=O) groups is 2. The number of aromatic nitrogens is 2. The van der Waals surface area contributed by atoms with Gasteiger partial charge >= 0.3 is 0 Å². The van der Waals surface area contributed by atoms with E-state index in [-0.39, 0.29) is 18.4 Å². The van der Waals surface area contributed by atoms with E-state index in [0.29, 0.717) is 31.4 Å². The normalized spacial score (nSPS) is 14.4. The van der Waals surface area contributed by atoms with E-state index in [1.165, 1.54) is 0 Å². The van der Waals surface area contributed by atoms with Crippen molar-refractivity contribution in [3.8, 4) is 17.0 Å². The van der Waals surface area contributed by atoms with Crippen LogP contribution >= 0.6 is 0 Å². The van der Waals surface area contributed by atoms with Crippen molar-refractivity contribution < 1.29 is 14.3 Å². The second kappa shape index (κ2) is 15.3. The van der Waals surface area contributed by atoms with Crippen LogP contribution in [0, 0.1) is 0 Å². The van der Waals surface area contributed by atoms with Crippen LogP contribution in [0.4, 0.5) is 0 Å². The summed E-state index contributed by atoms with van der Waals surface area (Å²) >= 11 is 0. The average Bonchev–Trinajstić information content (AvgIpc) is 3.09. The summed E-state index contributed by atoms with van der Waals surface area (Å²) < 4.78 is 5.17. The number of likely N-dealkylation sites (tertiary alicyclic amines) is 1. The molecule has 0 unspecified atom stereocenters. The average molecular weight is 604 g/mol. The monoisotopic (exact) mass is 603 g/mol. The maximum absolute atomic E-state index is 14.4. The van der Waals surface area contributed by atoms with E-state index >= 15 is 0 Å². The van der Waals surface area contributed by atoms with Crippen LogP contribution in [0.1, 0.15) is 29.5 Å². The predicted octanol–water partition coefficient (Wildman–Crippen LogP) is 5.36. The van der Waals surface area contributed by atoms with Gasteiger partial charge in [-0.3, -0.25) is 14.6 Å². The summed E-state index contributed by atoms with van der Waals surface area (Å²) in [6, 6.07) is 25.4. The third-order valence-electron chi connectivity index (χ3n) is 8.43. The third-order valence-corrected chi connectivity index (χ3v) is 8.43. The summed E-state index contributed by atoms with van der Waals surface area (Å²) in [4.78, 5) is 42.7. The molecular weight excluding hydrogens is 562 g/mol. The van der Waals surface area contributed by atoms with Gasteiger partial charge in [0.15, 0.2) is 0 Å². The van der Waals surface area contributed by atoms with Gasteiger partial charge in [0.25, 0.3) is 0 Å². The quantitative estimate of drug-likeness (QED) is 0.215. The van der Waals surface area contributed by atoms with Crippen molar-refractivity contribution in [2.45, 2.75) is 37.9 Å². The second-order valence-corrected chi connectivity index (χ2v) is 11.6. The Hall–Kier alpha value is -4.82. The van der Waals surface area contributed by atoms with Crippen molar-refractivity contribution in [3.63, 3.8) is 0 Å². The molecule has 1 saturated heterocycles. The van der Waals surface area contributed by atoms with E-state index in [1.807, 2.05) is 77.7 Å². The zero-order valence-electron chi connectivity index (χ0n) is 26.3. The number of methoxy groups -OCH3 is 1. The van der Waals surface area contributed by atoms with E-state index < -0.39 is 6.04 Å². The molecule has 1 fully saturated rings. The van der Waals surface area contributed by atoms with Gasteiger partial charge in [-0.05, 0) is 79.0 Å². The molecule has 0 radical (unpaired) electrons. The maximum Gasteiger partial charge on any atom is 0.247 e. The van der Waals surface area contributed by atoms with Crippen LogP contribution in [0.15, 0.2) is 104 Å². The van der Waals surface area contributed by atoms with E-state index in [1.54, 1.807) is 48.8 Å². The number of pyridine rings is 2. The van der Waals surface area contributed by atoms with Gasteiger partial charge in [0.05, 0.1) is 7.11 Å². The number of nitrogens with zero attached hydrogens (tertiary/aromatic N) is 5. The van der Waals surface area contributed by atoms with Crippen LogP contribution in [0.2, 0.25) is 0 Å². The molecule has 3 heterocycles. The van der Waals surface area contributed by atoms with Crippen LogP contribution in [-0.2, 0) is 22.6 Å². The number of rotatable bonds is 11. The molecule has 0 saturated carbocycles. The molecule has 0 spiro atoms. The van der Waals surface area contributed by atoms with Gasteiger partial charge in [0.1, 0.15) is 6.04 Å². The number of hydrogen-bond acceptors (Lipinski definition) is 6. The van der Waals surface area contributed by atoms with Gasteiger partial charge in [-0.25, -0.2) is 4.98 Å². The SMILES string of the molecule is COc1ccc(/C=C/C(=O)N(Cc2ccc(-c3ccncc3)cc2)[C@@H](Cc2ccccc2)C(=O)N2CCC(N(C)C)CC2)cn1. The molecule has 1 aliphatic heterocycles. The van der Waals surface area contributed by atoms with Crippen molar-refractivity contribution >= 4 is 17.9 Å². The Balaban J connectivity index is 1.46. The summed E-state index contributed by atoms with van der Waals surface area (Å²) in [6.45, 7) is 1.63. The highest BCUT2D eigenvalue weighted by Crippen LogP contribution is 2.23. The highest BCUT2D eigenvalue weighted by Gasteiger charge is 2.34. The molecule has 2 amide bonds. The van der Waals surface area contributed by atoms with Gasteiger partial charge in [0, 0.05) is 62.8 Å². The predicted molar refractivity (Wildman–Crippen MR) is 177 cm³/mol. The zero-order valence-corrected chi connectivity index (χ0v) is 26.3. The Labute approximate surface area is 266 Å². The lowest BCUT2D eigenvalue weighted by Crippen LogP contribution is -2.54. The molecule has 2 aromatic carbocycles. The van der Waals surface area contributed by atoms with E-state index in [9.17, 15) is 9.59 Å². The molecule has 0 aliphatic carbocycles. The molecule has 5 rings (SSSR count). The number of benzene rings is 2. The molecule has 1 atom stereocenters. The maximum atomic E-state index is 14.4. The highest BCUT2D eigenvalue weighted by molar-refractivity contribution is 5.95. The summed E-state index contributed by atoms with van der Waals surface area (Å²) in [5, 5.41) is 0. The van der Waals surface area contributed by atoms with Gasteiger partial charge in [-0.1, -0.05) is 54.6 Å². The smallest absolute Gasteiger partial charge is 0.247 e. The fourth-order valence-electron chi connectivity index (χ4n) is 5.74. The van der Waals surface area contributed by atoms with Crippen molar-refractivity contribution in [2.75, 3.05) is 34.3 Å². The van der Waals surface area contributed by atoms with Gasteiger partial charge in [0.2, 0.25) is 17.7 Å². The summed E-state index contributed by atoms with van der Waals surface area (Å²) in [7, 11) is 5.74. The topological polar surface area (TPSA) is 78.9 Å². The lowest BCUT2D eigenvalue weighted by molar-refractivity contribution is -0.145. The molecule has 2 aromatic heterocycles. The molecule has 8 heteroatoms. The molecule has 0 bridgehead atoms. The second-order valence-electron chi connectivity index (χ2n) is 11.6. The molecule has 232 valence electrons. The minimum Gasteiger partial charge on any atom is -0.481 e. The van der Waals surface area contributed by atoms with Crippen molar-refractivity contribution in [1.29, 1.82) is 0 Å². The molecule has 45 heavy (non-hydrogen) atoms. The molecule has 4 aromatic rings. The van der Waals surface area contributed by atoms with E-state index in [2.05, 4.69) is 29.0 Å². The number of piperidine rings is 1. The van der Waals surface area contributed by atoms with Crippen LogP contribution in [-0.4, -0.2) is 82.9 Å². The molecule has 1 aliphatic rings. The van der Waals surface area contributed by atoms with Gasteiger partial charge in [-0.2, -0.15) is 0 Å². The minimum atomic E-state index is -0.672. The zero-order chi connectivity index (χ0) is 31.6. The Morgan fingerprint density at radius 3 is 2.22 bits per heavy atom. The molecule has 0 N–H and O–H groups in total. The van der Waals surface area contributed by atoms with Crippen LogP contribution in [0.5, 0.6) is 5.88 Å². The number of amides is 2. The first-order valence-corrected chi connectivity index (χ1v) is 15.4. The summed E-state index contributed by atoms with van der Waals surface area (Å²) in [5.74, 6) is 0.251. The van der Waals surface area contributed by atoms with Gasteiger partial charge < -0.3 is 19.4 Å². The first kappa shape index (κ1) is 31.6. The van der Waals surface area contributed by atoms with Crippen molar-refractivity contribution in [1.82, 2.24) is 24.7 Å². The van der Waals surface area contributed by atoms with Gasteiger partial charge in [-0.15, -0.1) is 0 Å².